The number of nitro groups is 1. The van der Waals surface area contributed by atoms with E-state index in [2.05, 4.69) is 9.97 Å². The first-order chi connectivity index (χ1) is 9.25. The number of pyridine rings is 2. The Morgan fingerprint density at radius 2 is 2.05 bits per heavy atom. The highest BCUT2D eigenvalue weighted by molar-refractivity contribution is 7.99. The lowest BCUT2D eigenvalue weighted by Crippen LogP contribution is -1.92. The Balaban J connectivity index is 2.04. The van der Waals surface area contributed by atoms with Crippen LogP contribution in [0.25, 0.3) is 5.52 Å². The minimum atomic E-state index is -0.437. The van der Waals surface area contributed by atoms with Gasteiger partial charge >= 0.3 is 5.69 Å². The molecule has 94 valence electrons. The van der Waals surface area contributed by atoms with Crippen molar-refractivity contribution in [3.8, 4) is 0 Å². The standard InChI is InChI=1S/C12H8N4O2S/c17-16(18)10-5-3-6-13-12(10)19-11-9-4-1-2-7-15(9)8-14-11/h1-8H. The van der Waals surface area contributed by atoms with E-state index < -0.39 is 4.92 Å². The Morgan fingerprint density at radius 3 is 2.89 bits per heavy atom. The highest BCUT2D eigenvalue weighted by Crippen LogP contribution is 2.33. The summed E-state index contributed by atoms with van der Waals surface area (Å²) in [7, 11) is 0. The predicted octanol–water partition coefficient (Wildman–Crippen LogP) is 2.79. The van der Waals surface area contributed by atoms with Crippen molar-refractivity contribution in [2.24, 2.45) is 0 Å². The highest BCUT2D eigenvalue weighted by Gasteiger charge is 2.17. The maximum Gasteiger partial charge on any atom is 0.301 e. The Bertz CT molecular complexity index is 756. The van der Waals surface area contributed by atoms with Crippen molar-refractivity contribution in [2.75, 3.05) is 0 Å². The summed E-state index contributed by atoms with van der Waals surface area (Å²) < 4.78 is 1.86. The molecule has 0 aliphatic carbocycles. The SMILES string of the molecule is O=[N+]([O-])c1cccnc1Sc1ncn2ccccc12. The van der Waals surface area contributed by atoms with Gasteiger partial charge in [0.05, 0.1) is 10.4 Å². The first-order valence-electron chi connectivity index (χ1n) is 5.44. The van der Waals surface area contributed by atoms with Gasteiger partial charge < -0.3 is 4.40 Å². The fourth-order valence-electron chi connectivity index (χ4n) is 1.69. The summed E-state index contributed by atoms with van der Waals surface area (Å²) >= 11 is 1.19. The summed E-state index contributed by atoms with van der Waals surface area (Å²) in [6.07, 6.45) is 5.08. The number of nitrogens with zero attached hydrogens (tertiary/aromatic N) is 4. The van der Waals surface area contributed by atoms with Crippen LogP contribution in [0, 0.1) is 10.1 Å². The summed E-state index contributed by atoms with van der Waals surface area (Å²) in [5, 5.41) is 12.0. The molecule has 0 N–H and O–H groups in total. The number of rotatable bonds is 3. The monoisotopic (exact) mass is 272 g/mol. The molecule has 3 aromatic rings. The molecule has 0 amide bonds. The first kappa shape index (κ1) is 11.7. The van der Waals surface area contributed by atoms with Gasteiger partial charge in [0.1, 0.15) is 11.4 Å². The van der Waals surface area contributed by atoms with Gasteiger partial charge in [-0.3, -0.25) is 10.1 Å². The topological polar surface area (TPSA) is 73.3 Å². The Morgan fingerprint density at radius 1 is 1.16 bits per heavy atom. The van der Waals surface area contributed by atoms with Crippen LogP contribution in [-0.4, -0.2) is 19.3 Å². The van der Waals surface area contributed by atoms with Crippen molar-refractivity contribution in [1.29, 1.82) is 0 Å². The zero-order valence-corrected chi connectivity index (χ0v) is 10.4. The molecule has 0 fully saturated rings. The third-order valence-electron chi connectivity index (χ3n) is 2.55. The van der Waals surface area contributed by atoms with Gasteiger partial charge in [-0.15, -0.1) is 0 Å². The van der Waals surface area contributed by atoms with Crippen molar-refractivity contribution in [1.82, 2.24) is 14.4 Å². The average Bonchev–Trinajstić information content (AvgIpc) is 2.83. The van der Waals surface area contributed by atoms with Gasteiger partial charge in [-0.25, -0.2) is 9.97 Å². The van der Waals surface area contributed by atoms with E-state index in [0.29, 0.717) is 10.1 Å². The quantitative estimate of drug-likeness (QED) is 0.541. The van der Waals surface area contributed by atoms with Crippen molar-refractivity contribution in [2.45, 2.75) is 10.1 Å². The lowest BCUT2D eigenvalue weighted by atomic mass is 10.4. The summed E-state index contributed by atoms with van der Waals surface area (Å²) in [6, 6.07) is 8.69. The van der Waals surface area contributed by atoms with Crippen LogP contribution in [0.15, 0.2) is 59.1 Å². The van der Waals surface area contributed by atoms with Gasteiger partial charge in [0.15, 0.2) is 5.03 Å². The zero-order chi connectivity index (χ0) is 13.2. The Labute approximate surface area is 112 Å². The van der Waals surface area contributed by atoms with Gasteiger partial charge in [0.25, 0.3) is 0 Å². The van der Waals surface area contributed by atoms with E-state index >= 15 is 0 Å². The molecule has 0 bridgehead atoms. The molecule has 0 spiro atoms. The van der Waals surface area contributed by atoms with E-state index in [1.807, 2.05) is 28.8 Å². The molecule has 0 unspecified atom stereocenters. The molecule has 0 saturated carbocycles. The van der Waals surface area contributed by atoms with Gasteiger partial charge in [0.2, 0.25) is 0 Å². The fourth-order valence-corrected chi connectivity index (χ4v) is 2.61. The van der Waals surface area contributed by atoms with Crippen molar-refractivity contribution in [3.63, 3.8) is 0 Å². The minimum absolute atomic E-state index is 0.00965. The lowest BCUT2D eigenvalue weighted by Gasteiger charge is -1.99. The van der Waals surface area contributed by atoms with E-state index in [-0.39, 0.29) is 5.69 Å². The molecule has 0 aliphatic rings. The van der Waals surface area contributed by atoms with Crippen molar-refractivity contribution < 1.29 is 4.92 Å². The molecule has 6 nitrogen and oxygen atoms in total. The highest BCUT2D eigenvalue weighted by atomic mass is 32.2. The molecule has 0 radical (unpaired) electrons. The molecule has 3 rings (SSSR count). The Hall–Kier alpha value is -2.41. The summed E-state index contributed by atoms with van der Waals surface area (Å²) in [5.41, 5.74) is 0.886. The summed E-state index contributed by atoms with van der Waals surface area (Å²) in [4.78, 5) is 18.8. The minimum Gasteiger partial charge on any atom is -0.305 e. The van der Waals surface area contributed by atoms with Crippen molar-refractivity contribution >= 4 is 23.0 Å². The van der Waals surface area contributed by atoms with E-state index in [4.69, 9.17) is 0 Å². The predicted molar refractivity (Wildman–Crippen MR) is 70.2 cm³/mol. The number of aromatic nitrogens is 3. The van der Waals surface area contributed by atoms with E-state index in [0.717, 1.165) is 5.52 Å². The van der Waals surface area contributed by atoms with Crippen LogP contribution in [-0.2, 0) is 0 Å². The largest absolute Gasteiger partial charge is 0.305 e. The van der Waals surface area contributed by atoms with Crippen LogP contribution in [0.4, 0.5) is 5.69 Å². The molecular weight excluding hydrogens is 264 g/mol. The molecule has 3 heterocycles. The number of imidazole rings is 1. The van der Waals surface area contributed by atoms with Crippen LogP contribution >= 0.6 is 11.8 Å². The van der Waals surface area contributed by atoms with Crippen molar-refractivity contribution in [3.05, 3.63) is 59.2 Å². The maximum atomic E-state index is 10.9. The molecule has 0 atom stereocenters. The molecule has 0 aliphatic heterocycles. The fraction of sp³-hybridized carbons (Fsp3) is 0. The van der Waals surface area contributed by atoms with E-state index in [9.17, 15) is 10.1 Å². The third-order valence-corrected chi connectivity index (χ3v) is 3.57. The van der Waals surface area contributed by atoms with Crippen LogP contribution < -0.4 is 0 Å². The van der Waals surface area contributed by atoms with E-state index in [1.54, 1.807) is 12.4 Å². The average molecular weight is 272 g/mol. The number of fused-ring (bicyclic) bond motifs is 1. The molecule has 3 aromatic heterocycles. The molecule has 19 heavy (non-hydrogen) atoms. The number of hydrogen-bond donors (Lipinski definition) is 0. The zero-order valence-electron chi connectivity index (χ0n) is 9.63. The first-order valence-corrected chi connectivity index (χ1v) is 6.26. The smallest absolute Gasteiger partial charge is 0.301 e. The van der Waals surface area contributed by atoms with E-state index in [1.165, 1.54) is 24.0 Å². The normalized spacial score (nSPS) is 10.7. The second-order valence-electron chi connectivity index (χ2n) is 3.73. The Kier molecular flexibility index (Phi) is 2.88. The third kappa shape index (κ3) is 2.15. The molecular formula is C12H8N4O2S. The van der Waals surface area contributed by atoms with Crippen LogP contribution in [0.2, 0.25) is 0 Å². The summed E-state index contributed by atoms with van der Waals surface area (Å²) in [6.45, 7) is 0. The lowest BCUT2D eigenvalue weighted by molar-refractivity contribution is -0.388. The molecule has 0 aromatic carbocycles. The van der Waals surface area contributed by atoms with Crippen LogP contribution in [0.3, 0.4) is 0 Å². The molecule has 7 heteroatoms. The van der Waals surface area contributed by atoms with Crippen LogP contribution in [0.5, 0.6) is 0 Å². The van der Waals surface area contributed by atoms with Gasteiger partial charge in [-0.05, 0) is 30.0 Å². The van der Waals surface area contributed by atoms with Gasteiger partial charge in [0, 0.05) is 18.5 Å². The number of hydrogen-bond acceptors (Lipinski definition) is 5. The summed E-state index contributed by atoms with van der Waals surface area (Å²) in [5.74, 6) is 0. The van der Waals surface area contributed by atoms with Gasteiger partial charge in [-0.2, -0.15) is 0 Å². The van der Waals surface area contributed by atoms with Gasteiger partial charge in [-0.1, -0.05) is 6.07 Å². The molecule has 0 saturated heterocycles. The maximum absolute atomic E-state index is 10.9. The van der Waals surface area contributed by atoms with Crippen LogP contribution in [0.1, 0.15) is 0 Å². The second kappa shape index (κ2) is 4.69. The second-order valence-corrected chi connectivity index (χ2v) is 4.71.